The molecular weight excluding hydrogens is 402 g/mol. The maximum absolute atomic E-state index is 13.4. The second-order valence-electron chi connectivity index (χ2n) is 7.50. The Morgan fingerprint density at radius 1 is 1.23 bits per heavy atom. The summed E-state index contributed by atoms with van der Waals surface area (Å²) in [5.41, 5.74) is 4.21. The third kappa shape index (κ3) is 3.90. The van der Waals surface area contributed by atoms with Gasteiger partial charge in [-0.15, -0.1) is 0 Å². The molecule has 1 atom stereocenters. The molecule has 2 aromatic heterocycles. The summed E-state index contributed by atoms with van der Waals surface area (Å²) in [5.74, 6) is -0.893. The van der Waals surface area contributed by atoms with Gasteiger partial charge in [-0.25, -0.2) is 13.0 Å². The van der Waals surface area contributed by atoms with Crippen molar-refractivity contribution in [3.8, 4) is 11.1 Å². The molecule has 1 fully saturated rings. The molecule has 1 aliphatic heterocycles. The Bertz CT molecular complexity index is 1100. The molecular formula is C22H25N3O4S. The van der Waals surface area contributed by atoms with Crippen molar-refractivity contribution < 1.29 is 18.8 Å². The highest BCUT2D eigenvalue weighted by atomic mass is 32.2. The Morgan fingerprint density at radius 2 is 1.97 bits per heavy atom. The van der Waals surface area contributed by atoms with Crippen LogP contribution in [-0.2, 0) is 26.9 Å². The van der Waals surface area contributed by atoms with Gasteiger partial charge in [0.25, 0.3) is 0 Å². The number of aromatic nitrogens is 2. The second kappa shape index (κ2) is 8.67. The van der Waals surface area contributed by atoms with Gasteiger partial charge in [0, 0.05) is 32.0 Å². The molecule has 0 aliphatic carbocycles. The van der Waals surface area contributed by atoms with E-state index in [4.69, 9.17) is 4.74 Å². The zero-order chi connectivity index (χ0) is 21.3. The van der Waals surface area contributed by atoms with Crippen LogP contribution in [0.1, 0.15) is 24.0 Å². The minimum atomic E-state index is -1.28. The van der Waals surface area contributed by atoms with Crippen molar-refractivity contribution in [3.63, 3.8) is 0 Å². The van der Waals surface area contributed by atoms with Crippen LogP contribution in [0.5, 0.6) is 0 Å². The summed E-state index contributed by atoms with van der Waals surface area (Å²) in [6, 6.07) is 9.67. The van der Waals surface area contributed by atoms with Crippen molar-refractivity contribution in [1.29, 1.82) is 0 Å². The van der Waals surface area contributed by atoms with Crippen molar-refractivity contribution in [1.82, 2.24) is 13.9 Å². The molecule has 0 spiro atoms. The van der Waals surface area contributed by atoms with Crippen molar-refractivity contribution in [3.05, 3.63) is 53.9 Å². The number of hydrogen-bond donors (Lipinski definition) is 1. The number of ether oxygens (including phenoxy) is 1. The number of aliphatic carboxylic acids is 1. The highest BCUT2D eigenvalue weighted by Crippen LogP contribution is 2.33. The molecule has 1 saturated heterocycles. The second-order valence-corrected chi connectivity index (χ2v) is 8.95. The Balaban J connectivity index is 1.73. The summed E-state index contributed by atoms with van der Waals surface area (Å²) in [6.45, 7) is 3.41. The molecule has 7 nitrogen and oxygen atoms in total. The first-order valence-corrected chi connectivity index (χ1v) is 11.1. The maximum Gasteiger partial charge on any atom is 0.307 e. The van der Waals surface area contributed by atoms with Crippen LogP contribution in [-0.4, -0.2) is 55.5 Å². The normalized spacial score (nSPS) is 16.7. The van der Waals surface area contributed by atoms with Gasteiger partial charge in [-0.05, 0) is 48.6 Å². The number of methoxy groups -OCH3 is 1. The molecule has 158 valence electrons. The SMILES string of the molecule is COC1CCN(S(=O)c2ccccc2-c2ccn3ncc(CC(=O)O)c3c2C)CC1. The van der Waals surface area contributed by atoms with E-state index in [0.717, 1.165) is 53.0 Å². The number of pyridine rings is 1. The van der Waals surface area contributed by atoms with Crippen LogP contribution in [0.3, 0.4) is 0 Å². The first kappa shape index (κ1) is 20.7. The number of nitrogens with zero attached hydrogens (tertiary/aromatic N) is 3. The van der Waals surface area contributed by atoms with Crippen LogP contribution in [0, 0.1) is 6.92 Å². The summed E-state index contributed by atoms with van der Waals surface area (Å²) in [5, 5.41) is 13.5. The molecule has 3 heterocycles. The molecule has 1 aromatic carbocycles. The van der Waals surface area contributed by atoms with Crippen LogP contribution in [0.4, 0.5) is 0 Å². The lowest BCUT2D eigenvalue weighted by atomic mass is 9.99. The van der Waals surface area contributed by atoms with E-state index in [9.17, 15) is 14.1 Å². The number of carboxylic acid groups (broad SMARTS) is 1. The van der Waals surface area contributed by atoms with Gasteiger partial charge in [-0.1, -0.05) is 18.2 Å². The summed E-state index contributed by atoms with van der Waals surface area (Å²) in [4.78, 5) is 12.0. The number of rotatable bonds is 6. The van der Waals surface area contributed by atoms with Gasteiger partial charge >= 0.3 is 5.97 Å². The number of piperidine rings is 1. The number of hydrogen-bond acceptors (Lipinski definition) is 4. The molecule has 0 saturated carbocycles. The van der Waals surface area contributed by atoms with E-state index in [1.54, 1.807) is 17.8 Å². The predicted octanol–water partition coefficient (Wildman–Crippen LogP) is 3.07. The largest absolute Gasteiger partial charge is 0.481 e. The Hall–Kier alpha value is -2.55. The van der Waals surface area contributed by atoms with Gasteiger partial charge in [0.15, 0.2) is 0 Å². The lowest BCUT2D eigenvalue weighted by Crippen LogP contribution is -2.37. The summed E-state index contributed by atoms with van der Waals surface area (Å²) in [6.07, 6.45) is 5.30. The van der Waals surface area contributed by atoms with Crippen LogP contribution < -0.4 is 0 Å². The van der Waals surface area contributed by atoms with Crippen LogP contribution in [0.2, 0.25) is 0 Å². The highest BCUT2D eigenvalue weighted by Gasteiger charge is 2.25. The third-order valence-corrected chi connectivity index (χ3v) is 7.26. The highest BCUT2D eigenvalue weighted by molar-refractivity contribution is 7.82. The van der Waals surface area contributed by atoms with Gasteiger partial charge in [-0.3, -0.25) is 4.79 Å². The van der Waals surface area contributed by atoms with Crippen LogP contribution in [0.15, 0.2) is 47.6 Å². The third-order valence-electron chi connectivity index (χ3n) is 5.69. The summed E-state index contributed by atoms with van der Waals surface area (Å²) < 4.78 is 22.6. The van der Waals surface area contributed by atoms with E-state index in [0.29, 0.717) is 5.56 Å². The quantitative estimate of drug-likeness (QED) is 0.654. The average Bonchev–Trinajstić information content (AvgIpc) is 3.16. The number of fused-ring (bicyclic) bond motifs is 1. The monoisotopic (exact) mass is 427 g/mol. The zero-order valence-corrected chi connectivity index (χ0v) is 17.9. The number of carboxylic acids is 1. The van der Waals surface area contributed by atoms with E-state index >= 15 is 0 Å². The minimum absolute atomic E-state index is 0.0875. The number of carbonyl (C=O) groups is 1. The molecule has 3 aromatic rings. The fraction of sp³-hybridized carbons (Fsp3) is 0.364. The molecule has 4 rings (SSSR count). The van der Waals surface area contributed by atoms with Gasteiger partial charge in [0.05, 0.1) is 29.1 Å². The minimum Gasteiger partial charge on any atom is -0.481 e. The maximum atomic E-state index is 13.4. The van der Waals surface area contributed by atoms with E-state index in [-0.39, 0.29) is 12.5 Å². The van der Waals surface area contributed by atoms with Gasteiger partial charge in [-0.2, -0.15) is 5.10 Å². The van der Waals surface area contributed by atoms with Gasteiger partial charge < -0.3 is 9.84 Å². The topological polar surface area (TPSA) is 84.1 Å². The summed E-state index contributed by atoms with van der Waals surface area (Å²) >= 11 is 0. The molecule has 8 heteroatoms. The van der Waals surface area contributed by atoms with E-state index in [1.165, 1.54) is 0 Å². The first-order valence-electron chi connectivity index (χ1n) is 9.96. The van der Waals surface area contributed by atoms with E-state index < -0.39 is 17.0 Å². The molecule has 0 amide bonds. The zero-order valence-electron chi connectivity index (χ0n) is 17.1. The van der Waals surface area contributed by atoms with Crippen molar-refractivity contribution in [2.75, 3.05) is 20.2 Å². The van der Waals surface area contributed by atoms with E-state index in [2.05, 4.69) is 5.10 Å². The Kier molecular flexibility index (Phi) is 5.99. The molecule has 1 aliphatic rings. The smallest absolute Gasteiger partial charge is 0.307 e. The van der Waals surface area contributed by atoms with E-state index in [1.807, 2.05) is 47.8 Å². The van der Waals surface area contributed by atoms with Crippen LogP contribution in [0.25, 0.3) is 16.6 Å². The summed E-state index contributed by atoms with van der Waals surface area (Å²) in [7, 11) is 0.438. The van der Waals surface area contributed by atoms with Gasteiger partial charge in [0.2, 0.25) is 0 Å². The van der Waals surface area contributed by atoms with Crippen molar-refractivity contribution >= 4 is 22.5 Å². The van der Waals surface area contributed by atoms with Crippen molar-refractivity contribution in [2.45, 2.75) is 37.2 Å². The predicted molar refractivity (Wildman–Crippen MR) is 115 cm³/mol. The van der Waals surface area contributed by atoms with Gasteiger partial charge in [0.1, 0.15) is 11.0 Å². The number of benzene rings is 1. The molecule has 30 heavy (non-hydrogen) atoms. The standard InChI is InChI=1S/C22H25N3O4S/c1-15-18(9-12-25-22(15)16(14-23-25)13-21(26)27)19-5-3-4-6-20(19)30(28)24-10-7-17(29-2)8-11-24/h3-6,9,12,14,17H,7-8,10-11,13H2,1-2H3,(H,26,27). The molecule has 1 unspecified atom stereocenters. The van der Waals surface area contributed by atoms with Crippen LogP contribution >= 0.6 is 0 Å². The molecule has 1 N–H and O–H groups in total. The number of aryl methyl sites for hydroxylation is 1. The lowest BCUT2D eigenvalue weighted by molar-refractivity contribution is -0.136. The molecule has 0 radical (unpaired) electrons. The lowest BCUT2D eigenvalue weighted by Gasteiger charge is -2.30. The molecule has 0 bridgehead atoms. The Labute approximate surface area is 177 Å². The average molecular weight is 428 g/mol. The first-order chi connectivity index (χ1) is 14.5. The Morgan fingerprint density at radius 3 is 2.67 bits per heavy atom. The van der Waals surface area contributed by atoms with Crippen molar-refractivity contribution in [2.24, 2.45) is 0 Å². The fourth-order valence-electron chi connectivity index (χ4n) is 4.12. The fourth-order valence-corrected chi connectivity index (χ4v) is 5.50.